The van der Waals surface area contributed by atoms with Crippen molar-refractivity contribution in [3.63, 3.8) is 0 Å². The molecule has 0 radical (unpaired) electrons. The lowest BCUT2D eigenvalue weighted by atomic mass is 9.95. The molecular formula is C15H32N2O. The minimum absolute atomic E-state index is 0.111. The normalized spacial score (nSPS) is 21.8. The molecule has 1 unspecified atom stereocenters. The van der Waals surface area contributed by atoms with Crippen LogP contribution < -0.4 is 5.32 Å². The van der Waals surface area contributed by atoms with Crippen LogP contribution in [-0.2, 0) is 0 Å². The van der Waals surface area contributed by atoms with Crippen LogP contribution in [0.3, 0.4) is 0 Å². The first-order valence-corrected chi connectivity index (χ1v) is 7.67. The van der Waals surface area contributed by atoms with Crippen LogP contribution in [0, 0.1) is 0 Å². The summed E-state index contributed by atoms with van der Waals surface area (Å²) >= 11 is 0. The highest BCUT2D eigenvalue weighted by atomic mass is 16.3. The molecule has 0 saturated carbocycles. The number of aliphatic hydroxyl groups is 1. The van der Waals surface area contributed by atoms with Gasteiger partial charge in [-0.3, -0.25) is 0 Å². The van der Waals surface area contributed by atoms with Gasteiger partial charge in [-0.05, 0) is 52.2 Å². The van der Waals surface area contributed by atoms with Crippen molar-refractivity contribution in [1.29, 1.82) is 0 Å². The predicted octanol–water partition coefficient (Wildman–Crippen LogP) is 2.39. The van der Waals surface area contributed by atoms with Crippen molar-refractivity contribution in [2.75, 3.05) is 26.2 Å². The number of hydrogen-bond donors (Lipinski definition) is 2. The van der Waals surface area contributed by atoms with Gasteiger partial charge in [-0.25, -0.2) is 0 Å². The van der Waals surface area contributed by atoms with E-state index in [2.05, 4.69) is 31.0 Å². The molecule has 0 aliphatic carbocycles. The topological polar surface area (TPSA) is 35.5 Å². The summed E-state index contributed by atoms with van der Waals surface area (Å²) < 4.78 is 0. The van der Waals surface area contributed by atoms with Gasteiger partial charge in [0.2, 0.25) is 0 Å². The van der Waals surface area contributed by atoms with Gasteiger partial charge in [-0.1, -0.05) is 26.7 Å². The molecule has 1 aliphatic rings. The number of aliphatic hydroxyl groups excluding tert-OH is 1. The molecular weight excluding hydrogens is 224 g/mol. The van der Waals surface area contributed by atoms with Crippen molar-refractivity contribution in [2.45, 2.75) is 70.9 Å². The van der Waals surface area contributed by atoms with E-state index in [0.717, 1.165) is 6.42 Å². The monoisotopic (exact) mass is 256 g/mol. The van der Waals surface area contributed by atoms with Gasteiger partial charge in [-0.2, -0.15) is 0 Å². The van der Waals surface area contributed by atoms with Crippen molar-refractivity contribution in [3.05, 3.63) is 0 Å². The van der Waals surface area contributed by atoms with E-state index in [1.807, 2.05) is 0 Å². The quantitative estimate of drug-likeness (QED) is 0.734. The molecule has 0 amide bonds. The Labute approximate surface area is 113 Å². The molecule has 0 aromatic rings. The van der Waals surface area contributed by atoms with Crippen molar-refractivity contribution in [3.8, 4) is 0 Å². The summed E-state index contributed by atoms with van der Waals surface area (Å²) in [5.74, 6) is 0. The predicted molar refractivity (Wildman–Crippen MR) is 77.9 cm³/mol. The molecule has 3 nitrogen and oxygen atoms in total. The zero-order valence-corrected chi connectivity index (χ0v) is 12.5. The Morgan fingerprint density at radius 2 is 1.78 bits per heavy atom. The average molecular weight is 256 g/mol. The minimum atomic E-state index is -0.111. The molecule has 2 N–H and O–H groups in total. The van der Waals surface area contributed by atoms with Crippen LogP contribution in [0.1, 0.15) is 59.3 Å². The summed E-state index contributed by atoms with van der Waals surface area (Å²) in [6, 6.07) is 0.431. The van der Waals surface area contributed by atoms with E-state index in [4.69, 9.17) is 0 Å². The highest BCUT2D eigenvalue weighted by molar-refractivity contribution is 4.84. The third-order valence-corrected chi connectivity index (χ3v) is 3.89. The number of nitrogens with zero attached hydrogens (tertiary/aromatic N) is 1. The second-order valence-corrected chi connectivity index (χ2v) is 6.38. The van der Waals surface area contributed by atoms with Gasteiger partial charge in [-0.15, -0.1) is 0 Å². The number of nitrogens with one attached hydrogen (secondary N) is 1. The van der Waals surface area contributed by atoms with Gasteiger partial charge in [0.25, 0.3) is 0 Å². The summed E-state index contributed by atoms with van der Waals surface area (Å²) in [7, 11) is 0. The maximum atomic E-state index is 9.54. The molecule has 0 bridgehead atoms. The van der Waals surface area contributed by atoms with E-state index in [9.17, 15) is 5.11 Å². The second-order valence-electron chi connectivity index (χ2n) is 6.38. The Morgan fingerprint density at radius 3 is 2.28 bits per heavy atom. The third kappa shape index (κ3) is 6.17. The molecule has 1 atom stereocenters. The first kappa shape index (κ1) is 15.9. The van der Waals surface area contributed by atoms with Crippen molar-refractivity contribution >= 4 is 0 Å². The fourth-order valence-electron chi connectivity index (χ4n) is 2.95. The maximum Gasteiger partial charge on any atom is 0.0610 e. The van der Waals surface area contributed by atoms with Crippen LogP contribution in [0.2, 0.25) is 0 Å². The van der Waals surface area contributed by atoms with E-state index < -0.39 is 0 Å². The van der Waals surface area contributed by atoms with E-state index in [0.29, 0.717) is 6.04 Å². The van der Waals surface area contributed by atoms with Crippen LogP contribution in [-0.4, -0.2) is 47.8 Å². The molecule has 1 saturated heterocycles. The Bertz CT molecular complexity index is 213. The van der Waals surface area contributed by atoms with Gasteiger partial charge in [0.1, 0.15) is 0 Å². The van der Waals surface area contributed by atoms with Gasteiger partial charge in [0, 0.05) is 11.6 Å². The fraction of sp³-hybridized carbons (Fsp3) is 1.00. The highest BCUT2D eigenvalue weighted by Crippen LogP contribution is 2.15. The van der Waals surface area contributed by atoms with Crippen LogP contribution in [0.5, 0.6) is 0 Å². The first-order chi connectivity index (χ1) is 8.56. The maximum absolute atomic E-state index is 9.54. The molecule has 1 aliphatic heterocycles. The average Bonchev–Trinajstić information content (AvgIpc) is 2.57. The lowest BCUT2D eigenvalue weighted by molar-refractivity contribution is 0.148. The first-order valence-electron chi connectivity index (χ1n) is 7.67. The number of likely N-dealkylation sites (tertiary alicyclic amines) is 1. The second kappa shape index (κ2) is 8.13. The molecule has 0 spiro atoms. The Balaban J connectivity index is 2.25. The molecule has 0 aromatic carbocycles. The van der Waals surface area contributed by atoms with Crippen LogP contribution in [0.4, 0.5) is 0 Å². The van der Waals surface area contributed by atoms with Gasteiger partial charge in [0.05, 0.1) is 6.61 Å². The lowest BCUT2D eigenvalue weighted by Gasteiger charge is -2.32. The Hall–Kier alpha value is -0.120. The minimum Gasteiger partial charge on any atom is -0.394 e. The number of hydrogen-bond acceptors (Lipinski definition) is 3. The van der Waals surface area contributed by atoms with E-state index in [-0.39, 0.29) is 12.1 Å². The van der Waals surface area contributed by atoms with Crippen molar-refractivity contribution < 1.29 is 5.11 Å². The largest absolute Gasteiger partial charge is 0.394 e. The molecule has 1 heterocycles. The van der Waals surface area contributed by atoms with Crippen LogP contribution in [0.25, 0.3) is 0 Å². The summed E-state index contributed by atoms with van der Waals surface area (Å²) in [4.78, 5) is 2.60. The Morgan fingerprint density at radius 1 is 1.17 bits per heavy atom. The van der Waals surface area contributed by atoms with Gasteiger partial charge >= 0.3 is 0 Å². The summed E-state index contributed by atoms with van der Waals surface area (Å²) in [5.41, 5.74) is -0.111. The fourth-order valence-corrected chi connectivity index (χ4v) is 2.95. The SMILES string of the molecule is CC(C)NC(C)(CO)CCCN1CCCCCC1. The van der Waals surface area contributed by atoms with Crippen LogP contribution >= 0.6 is 0 Å². The summed E-state index contributed by atoms with van der Waals surface area (Å²) in [6.45, 7) is 10.4. The molecule has 3 heteroatoms. The van der Waals surface area contributed by atoms with Crippen LogP contribution in [0.15, 0.2) is 0 Å². The van der Waals surface area contributed by atoms with Crippen molar-refractivity contribution in [2.24, 2.45) is 0 Å². The number of rotatable bonds is 7. The summed E-state index contributed by atoms with van der Waals surface area (Å²) in [6.07, 6.45) is 7.76. The molecule has 108 valence electrons. The third-order valence-electron chi connectivity index (χ3n) is 3.89. The van der Waals surface area contributed by atoms with Gasteiger partial charge < -0.3 is 15.3 Å². The Kier molecular flexibility index (Phi) is 7.20. The zero-order valence-electron chi connectivity index (χ0n) is 12.5. The molecule has 0 aromatic heterocycles. The lowest BCUT2D eigenvalue weighted by Crippen LogP contribution is -2.49. The highest BCUT2D eigenvalue weighted by Gasteiger charge is 2.23. The summed E-state index contributed by atoms with van der Waals surface area (Å²) in [5, 5.41) is 13.0. The van der Waals surface area contributed by atoms with E-state index >= 15 is 0 Å². The molecule has 1 fully saturated rings. The van der Waals surface area contributed by atoms with Gasteiger partial charge in [0.15, 0.2) is 0 Å². The smallest absolute Gasteiger partial charge is 0.0610 e. The molecule has 18 heavy (non-hydrogen) atoms. The standard InChI is InChI=1S/C15H32N2O/c1-14(2)16-15(3,13-18)9-8-12-17-10-6-4-5-7-11-17/h14,16,18H,4-13H2,1-3H3. The van der Waals surface area contributed by atoms with Crippen molar-refractivity contribution in [1.82, 2.24) is 10.2 Å². The zero-order chi connectivity index (χ0) is 13.4. The van der Waals surface area contributed by atoms with E-state index in [1.54, 1.807) is 0 Å². The van der Waals surface area contributed by atoms with E-state index in [1.165, 1.54) is 51.7 Å². The molecule has 1 rings (SSSR count).